The highest BCUT2D eigenvalue weighted by Crippen LogP contribution is 2.35. The Morgan fingerprint density at radius 3 is 2.75 bits per heavy atom. The van der Waals surface area contributed by atoms with Crippen LogP contribution in [-0.2, 0) is 0 Å². The zero-order chi connectivity index (χ0) is 14.5. The Morgan fingerprint density at radius 2 is 2.05 bits per heavy atom. The minimum absolute atomic E-state index is 0.595. The molecule has 0 atom stereocenters. The number of nitrogens with one attached hydrogen (secondary N) is 2. The molecule has 2 rings (SSSR count). The van der Waals surface area contributed by atoms with Gasteiger partial charge in [-0.25, -0.2) is 4.98 Å². The number of halogens is 2. The monoisotopic (exact) mass is 400 g/mol. The molecule has 20 heavy (non-hydrogen) atoms. The second kappa shape index (κ2) is 6.90. The predicted molar refractivity (Wildman–Crippen MR) is 87.9 cm³/mol. The first-order valence-corrected chi connectivity index (χ1v) is 7.59. The van der Waals surface area contributed by atoms with Crippen LogP contribution < -0.4 is 15.4 Å². The standard InChI is InChI=1S/C13H14Br2N4O/c1-3-16-13-17-5-4-12(19-13)18-10-7-11(20-2)9(15)6-8(10)14/h4-7H,3H2,1-2H3,(H2,16,17,18,19). The Hall–Kier alpha value is -1.34. The molecule has 0 aliphatic carbocycles. The maximum atomic E-state index is 5.29. The van der Waals surface area contributed by atoms with E-state index in [1.54, 1.807) is 13.3 Å². The van der Waals surface area contributed by atoms with Crippen LogP contribution in [0.2, 0.25) is 0 Å². The SMILES string of the molecule is CCNc1nccc(Nc2cc(OC)c(Br)cc2Br)n1. The van der Waals surface area contributed by atoms with E-state index < -0.39 is 0 Å². The molecule has 1 aromatic heterocycles. The number of nitrogens with zero attached hydrogens (tertiary/aromatic N) is 2. The number of hydrogen-bond donors (Lipinski definition) is 2. The number of ether oxygens (including phenoxy) is 1. The number of aromatic nitrogens is 2. The molecule has 5 nitrogen and oxygen atoms in total. The summed E-state index contributed by atoms with van der Waals surface area (Å²) in [6.45, 7) is 2.78. The third-order valence-electron chi connectivity index (χ3n) is 2.49. The highest BCUT2D eigenvalue weighted by atomic mass is 79.9. The number of rotatable bonds is 5. The highest BCUT2D eigenvalue weighted by Gasteiger charge is 2.08. The Balaban J connectivity index is 2.27. The van der Waals surface area contributed by atoms with Gasteiger partial charge in [-0.1, -0.05) is 0 Å². The van der Waals surface area contributed by atoms with Gasteiger partial charge in [0, 0.05) is 23.3 Å². The molecule has 1 aromatic carbocycles. The van der Waals surface area contributed by atoms with Crippen molar-refractivity contribution in [2.45, 2.75) is 6.92 Å². The van der Waals surface area contributed by atoms with Gasteiger partial charge in [-0.05, 0) is 50.9 Å². The molecule has 0 aliphatic rings. The first-order chi connectivity index (χ1) is 9.63. The average Bonchev–Trinajstić information content (AvgIpc) is 2.43. The van der Waals surface area contributed by atoms with E-state index in [9.17, 15) is 0 Å². The van der Waals surface area contributed by atoms with Crippen molar-refractivity contribution in [2.24, 2.45) is 0 Å². The number of anilines is 3. The van der Waals surface area contributed by atoms with E-state index in [0.717, 1.165) is 26.9 Å². The fourth-order valence-corrected chi connectivity index (χ4v) is 2.85. The lowest BCUT2D eigenvalue weighted by Gasteiger charge is -2.12. The normalized spacial score (nSPS) is 10.2. The van der Waals surface area contributed by atoms with Crippen molar-refractivity contribution in [2.75, 3.05) is 24.3 Å². The van der Waals surface area contributed by atoms with E-state index in [2.05, 4.69) is 52.5 Å². The summed E-state index contributed by atoms with van der Waals surface area (Å²) < 4.78 is 7.08. The van der Waals surface area contributed by atoms with Crippen molar-refractivity contribution >= 4 is 49.3 Å². The fourth-order valence-electron chi connectivity index (χ4n) is 1.59. The molecular weight excluding hydrogens is 388 g/mol. The summed E-state index contributed by atoms with van der Waals surface area (Å²) in [4.78, 5) is 8.50. The lowest BCUT2D eigenvalue weighted by Crippen LogP contribution is -2.04. The van der Waals surface area contributed by atoms with Gasteiger partial charge in [0.2, 0.25) is 5.95 Å². The third-order valence-corrected chi connectivity index (χ3v) is 3.77. The molecule has 0 spiro atoms. The van der Waals surface area contributed by atoms with E-state index in [-0.39, 0.29) is 0 Å². The largest absolute Gasteiger partial charge is 0.495 e. The van der Waals surface area contributed by atoms with Gasteiger partial charge in [-0.2, -0.15) is 4.98 Å². The number of benzene rings is 1. The molecule has 106 valence electrons. The Kier molecular flexibility index (Phi) is 5.19. The van der Waals surface area contributed by atoms with Crippen molar-refractivity contribution in [1.29, 1.82) is 0 Å². The number of methoxy groups -OCH3 is 1. The molecule has 2 N–H and O–H groups in total. The van der Waals surface area contributed by atoms with E-state index in [4.69, 9.17) is 4.74 Å². The summed E-state index contributed by atoms with van der Waals surface area (Å²) >= 11 is 6.95. The molecule has 1 heterocycles. The van der Waals surface area contributed by atoms with Gasteiger partial charge in [0.1, 0.15) is 11.6 Å². The molecule has 0 bridgehead atoms. The smallest absolute Gasteiger partial charge is 0.224 e. The summed E-state index contributed by atoms with van der Waals surface area (Å²) in [5, 5.41) is 6.31. The van der Waals surface area contributed by atoms with Crippen LogP contribution in [0.3, 0.4) is 0 Å². The maximum Gasteiger partial charge on any atom is 0.224 e. The molecule has 0 amide bonds. The summed E-state index contributed by atoms with van der Waals surface area (Å²) in [5.41, 5.74) is 0.867. The van der Waals surface area contributed by atoms with Crippen molar-refractivity contribution in [3.63, 3.8) is 0 Å². The molecule has 2 aromatic rings. The van der Waals surface area contributed by atoms with Gasteiger partial charge in [-0.3, -0.25) is 0 Å². The second-order valence-corrected chi connectivity index (χ2v) is 5.60. The Bertz CT molecular complexity index is 607. The van der Waals surface area contributed by atoms with Crippen LogP contribution >= 0.6 is 31.9 Å². The summed E-state index contributed by atoms with van der Waals surface area (Å²) in [6.07, 6.45) is 1.71. The van der Waals surface area contributed by atoms with Gasteiger partial charge in [0.25, 0.3) is 0 Å². The minimum atomic E-state index is 0.595. The molecule has 0 fully saturated rings. The van der Waals surface area contributed by atoms with Crippen LogP contribution in [0.1, 0.15) is 6.92 Å². The quantitative estimate of drug-likeness (QED) is 0.786. The van der Waals surface area contributed by atoms with Crippen LogP contribution in [0, 0.1) is 0 Å². The van der Waals surface area contributed by atoms with E-state index in [1.807, 2.05) is 25.1 Å². The number of hydrogen-bond acceptors (Lipinski definition) is 5. The summed E-state index contributed by atoms with van der Waals surface area (Å²) in [7, 11) is 1.63. The summed E-state index contributed by atoms with van der Waals surface area (Å²) in [6, 6.07) is 5.62. The van der Waals surface area contributed by atoms with Crippen LogP contribution in [0.4, 0.5) is 17.5 Å². The lowest BCUT2D eigenvalue weighted by atomic mass is 10.3. The molecular formula is C13H14Br2N4O. The van der Waals surface area contributed by atoms with Crippen molar-refractivity contribution in [3.8, 4) is 5.75 Å². The van der Waals surface area contributed by atoms with Crippen LogP contribution in [0.25, 0.3) is 0 Å². The lowest BCUT2D eigenvalue weighted by molar-refractivity contribution is 0.412. The summed E-state index contributed by atoms with van der Waals surface area (Å²) in [5.74, 6) is 2.05. The fraction of sp³-hybridized carbons (Fsp3) is 0.231. The molecule has 0 aliphatic heterocycles. The molecule has 0 saturated heterocycles. The van der Waals surface area contributed by atoms with E-state index in [0.29, 0.717) is 11.8 Å². The molecule has 0 saturated carbocycles. The van der Waals surface area contributed by atoms with Crippen LogP contribution in [-0.4, -0.2) is 23.6 Å². The van der Waals surface area contributed by atoms with Crippen LogP contribution in [0.5, 0.6) is 5.75 Å². The van der Waals surface area contributed by atoms with E-state index in [1.165, 1.54) is 0 Å². The van der Waals surface area contributed by atoms with Gasteiger partial charge in [0.05, 0.1) is 17.3 Å². The van der Waals surface area contributed by atoms with Gasteiger partial charge < -0.3 is 15.4 Å². The third kappa shape index (κ3) is 3.61. The van der Waals surface area contributed by atoms with E-state index >= 15 is 0 Å². The topological polar surface area (TPSA) is 59.1 Å². The Morgan fingerprint density at radius 1 is 1.25 bits per heavy atom. The Labute approximate surface area is 134 Å². The highest BCUT2D eigenvalue weighted by molar-refractivity contribution is 9.11. The van der Waals surface area contributed by atoms with Gasteiger partial charge >= 0.3 is 0 Å². The van der Waals surface area contributed by atoms with Crippen molar-refractivity contribution in [1.82, 2.24) is 9.97 Å². The van der Waals surface area contributed by atoms with Crippen molar-refractivity contribution < 1.29 is 4.74 Å². The molecule has 0 radical (unpaired) electrons. The zero-order valence-electron chi connectivity index (χ0n) is 11.1. The van der Waals surface area contributed by atoms with Crippen LogP contribution in [0.15, 0.2) is 33.3 Å². The van der Waals surface area contributed by atoms with Gasteiger partial charge in [0.15, 0.2) is 0 Å². The molecule has 7 heteroatoms. The van der Waals surface area contributed by atoms with Gasteiger partial charge in [-0.15, -0.1) is 0 Å². The molecule has 0 unspecified atom stereocenters. The zero-order valence-corrected chi connectivity index (χ0v) is 14.2. The second-order valence-electron chi connectivity index (χ2n) is 3.89. The first-order valence-electron chi connectivity index (χ1n) is 6.01. The first kappa shape index (κ1) is 15.1. The maximum absolute atomic E-state index is 5.29. The predicted octanol–water partition coefficient (Wildman–Crippen LogP) is 4.19. The average molecular weight is 402 g/mol. The van der Waals surface area contributed by atoms with Crippen molar-refractivity contribution in [3.05, 3.63) is 33.3 Å². The minimum Gasteiger partial charge on any atom is -0.495 e.